The monoisotopic (exact) mass is 274 g/mol. The number of hydrogen-bond donors (Lipinski definition) is 0. The lowest BCUT2D eigenvalue weighted by Gasteiger charge is -2.13. The summed E-state index contributed by atoms with van der Waals surface area (Å²) < 4.78 is 36.3. The lowest BCUT2D eigenvalue weighted by atomic mass is 10.1. The molecule has 0 radical (unpaired) electrons. The van der Waals surface area contributed by atoms with Gasteiger partial charge in [0.15, 0.2) is 6.10 Å². The molecule has 7 heteroatoms. The summed E-state index contributed by atoms with van der Waals surface area (Å²) >= 11 is 0. The number of hydrogen-bond acceptors (Lipinski definition) is 6. The standard InChI is InChI=1S/C11H14O6S/c1-15-10(11(12)16-2)8-5-4-6-9(7-8)17-18(3,13)14/h4-7,10H,1-3H3. The average Bonchev–Trinajstić information content (AvgIpc) is 2.28. The summed E-state index contributed by atoms with van der Waals surface area (Å²) in [6.45, 7) is 0. The molecule has 0 aliphatic carbocycles. The van der Waals surface area contributed by atoms with Gasteiger partial charge in [-0.2, -0.15) is 8.42 Å². The molecule has 1 unspecified atom stereocenters. The van der Waals surface area contributed by atoms with Crippen molar-refractivity contribution in [2.75, 3.05) is 20.5 Å². The molecule has 0 bridgehead atoms. The fourth-order valence-corrected chi connectivity index (χ4v) is 1.83. The third kappa shape index (κ3) is 4.01. The molecule has 1 rings (SSSR count). The lowest BCUT2D eigenvalue weighted by molar-refractivity contribution is -0.152. The van der Waals surface area contributed by atoms with Gasteiger partial charge in [0.1, 0.15) is 5.75 Å². The molecular formula is C11H14O6S. The first kappa shape index (κ1) is 14.5. The highest BCUT2D eigenvalue weighted by molar-refractivity contribution is 7.86. The second-order valence-corrected chi connectivity index (χ2v) is 5.07. The molecule has 0 N–H and O–H groups in total. The quantitative estimate of drug-likeness (QED) is 0.586. The fourth-order valence-electron chi connectivity index (χ4n) is 1.38. The smallest absolute Gasteiger partial charge is 0.339 e. The van der Waals surface area contributed by atoms with Crippen molar-refractivity contribution in [2.45, 2.75) is 6.10 Å². The van der Waals surface area contributed by atoms with Gasteiger partial charge in [0.05, 0.1) is 13.4 Å². The molecular weight excluding hydrogens is 260 g/mol. The molecule has 0 aliphatic heterocycles. The van der Waals surface area contributed by atoms with Crippen molar-refractivity contribution < 1.29 is 26.9 Å². The minimum absolute atomic E-state index is 0.112. The van der Waals surface area contributed by atoms with Gasteiger partial charge < -0.3 is 13.7 Å². The summed E-state index contributed by atoms with van der Waals surface area (Å²) in [4.78, 5) is 11.4. The highest BCUT2D eigenvalue weighted by Crippen LogP contribution is 2.23. The van der Waals surface area contributed by atoms with Crippen molar-refractivity contribution in [1.82, 2.24) is 0 Å². The van der Waals surface area contributed by atoms with Gasteiger partial charge in [-0.1, -0.05) is 12.1 Å². The van der Waals surface area contributed by atoms with E-state index in [1.54, 1.807) is 12.1 Å². The van der Waals surface area contributed by atoms with Crippen LogP contribution in [0.3, 0.4) is 0 Å². The summed E-state index contributed by atoms with van der Waals surface area (Å²) in [7, 11) is -1.02. The van der Waals surface area contributed by atoms with Crippen molar-refractivity contribution in [3.8, 4) is 5.75 Å². The lowest BCUT2D eigenvalue weighted by Crippen LogP contribution is -2.16. The second-order valence-electron chi connectivity index (χ2n) is 3.50. The highest BCUT2D eigenvalue weighted by atomic mass is 32.2. The molecule has 100 valence electrons. The normalized spacial score (nSPS) is 12.8. The molecule has 0 fully saturated rings. The highest BCUT2D eigenvalue weighted by Gasteiger charge is 2.21. The molecule has 6 nitrogen and oxygen atoms in total. The van der Waals surface area contributed by atoms with Crippen molar-refractivity contribution in [2.24, 2.45) is 0 Å². The van der Waals surface area contributed by atoms with E-state index in [0.717, 1.165) is 6.26 Å². The summed E-state index contributed by atoms with van der Waals surface area (Å²) in [6.07, 6.45) is 0.0199. The zero-order chi connectivity index (χ0) is 13.8. The van der Waals surface area contributed by atoms with Crippen molar-refractivity contribution in [3.63, 3.8) is 0 Å². The Bertz CT molecular complexity index is 522. The van der Waals surface area contributed by atoms with Crippen molar-refractivity contribution in [1.29, 1.82) is 0 Å². The van der Waals surface area contributed by atoms with Crippen molar-refractivity contribution >= 4 is 16.1 Å². The van der Waals surface area contributed by atoms with E-state index in [0.29, 0.717) is 5.56 Å². The molecule has 0 aliphatic rings. The molecule has 0 saturated carbocycles. The van der Waals surface area contributed by atoms with E-state index < -0.39 is 22.2 Å². The van der Waals surface area contributed by atoms with Gasteiger partial charge >= 0.3 is 16.1 Å². The van der Waals surface area contributed by atoms with E-state index in [1.165, 1.54) is 26.4 Å². The topological polar surface area (TPSA) is 78.9 Å². The molecule has 0 saturated heterocycles. The first-order valence-electron chi connectivity index (χ1n) is 4.97. The Kier molecular flexibility index (Phi) is 4.69. The fraction of sp³-hybridized carbons (Fsp3) is 0.364. The van der Waals surface area contributed by atoms with E-state index >= 15 is 0 Å². The molecule has 1 atom stereocenters. The minimum Gasteiger partial charge on any atom is -0.467 e. The Morgan fingerprint density at radius 1 is 1.28 bits per heavy atom. The van der Waals surface area contributed by atoms with Gasteiger partial charge in [-0.25, -0.2) is 4.79 Å². The zero-order valence-electron chi connectivity index (χ0n) is 10.2. The van der Waals surface area contributed by atoms with E-state index in [1.807, 2.05) is 0 Å². The SMILES string of the molecule is COC(=O)C(OC)c1cccc(OS(C)(=O)=O)c1. The van der Waals surface area contributed by atoms with E-state index in [-0.39, 0.29) is 5.75 Å². The molecule has 0 spiro atoms. The Hall–Kier alpha value is -1.60. The van der Waals surface area contributed by atoms with Crippen LogP contribution in [-0.2, 0) is 24.4 Å². The molecule has 18 heavy (non-hydrogen) atoms. The molecule has 1 aromatic carbocycles. The van der Waals surface area contributed by atoms with Crippen LogP contribution < -0.4 is 4.18 Å². The molecule has 0 amide bonds. The number of carbonyl (C=O) groups excluding carboxylic acids is 1. The maximum atomic E-state index is 11.4. The Morgan fingerprint density at radius 3 is 2.44 bits per heavy atom. The average molecular weight is 274 g/mol. The number of rotatable bonds is 5. The van der Waals surface area contributed by atoms with Crippen LogP contribution in [0.15, 0.2) is 24.3 Å². The molecule has 1 aromatic rings. The minimum atomic E-state index is -3.61. The van der Waals surface area contributed by atoms with Gasteiger partial charge in [-0.05, 0) is 17.7 Å². The van der Waals surface area contributed by atoms with Crippen LogP contribution in [0.4, 0.5) is 0 Å². The zero-order valence-corrected chi connectivity index (χ0v) is 11.1. The first-order chi connectivity index (χ1) is 8.37. The third-order valence-corrected chi connectivity index (χ3v) is 2.55. The Labute approximate surface area is 106 Å². The Morgan fingerprint density at radius 2 is 1.94 bits per heavy atom. The van der Waals surface area contributed by atoms with Crippen LogP contribution in [0.5, 0.6) is 5.75 Å². The maximum absolute atomic E-state index is 11.4. The van der Waals surface area contributed by atoms with Gasteiger partial charge in [0, 0.05) is 7.11 Å². The molecule has 0 heterocycles. The number of methoxy groups -OCH3 is 2. The largest absolute Gasteiger partial charge is 0.467 e. The van der Waals surface area contributed by atoms with Crippen LogP contribution in [-0.4, -0.2) is 34.9 Å². The Balaban J connectivity index is 3.03. The van der Waals surface area contributed by atoms with Gasteiger partial charge in [0.2, 0.25) is 0 Å². The summed E-state index contributed by atoms with van der Waals surface area (Å²) in [5.41, 5.74) is 0.450. The third-order valence-electron chi connectivity index (χ3n) is 2.06. The van der Waals surface area contributed by atoms with E-state index in [2.05, 4.69) is 4.74 Å². The molecule has 0 aromatic heterocycles. The van der Waals surface area contributed by atoms with Crippen LogP contribution in [0.1, 0.15) is 11.7 Å². The predicted molar refractivity (Wildman–Crippen MR) is 63.7 cm³/mol. The van der Waals surface area contributed by atoms with Gasteiger partial charge in [-0.15, -0.1) is 0 Å². The van der Waals surface area contributed by atoms with Gasteiger partial charge in [-0.3, -0.25) is 0 Å². The predicted octanol–water partition coefficient (Wildman–Crippen LogP) is 0.885. The van der Waals surface area contributed by atoms with Crippen LogP contribution in [0, 0.1) is 0 Å². The van der Waals surface area contributed by atoms with Crippen LogP contribution in [0.2, 0.25) is 0 Å². The van der Waals surface area contributed by atoms with Crippen LogP contribution >= 0.6 is 0 Å². The number of carbonyl (C=O) groups is 1. The summed E-state index contributed by atoms with van der Waals surface area (Å²) in [5.74, 6) is -0.463. The van der Waals surface area contributed by atoms with Crippen LogP contribution in [0.25, 0.3) is 0 Å². The number of esters is 1. The van der Waals surface area contributed by atoms with Gasteiger partial charge in [0.25, 0.3) is 0 Å². The van der Waals surface area contributed by atoms with E-state index in [4.69, 9.17) is 8.92 Å². The van der Waals surface area contributed by atoms with Crippen molar-refractivity contribution in [3.05, 3.63) is 29.8 Å². The number of ether oxygens (including phenoxy) is 2. The second kappa shape index (κ2) is 5.83. The maximum Gasteiger partial charge on any atom is 0.339 e. The summed E-state index contributed by atoms with van der Waals surface area (Å²) in [6, 6.07) is 6.05. The van der Waals surface area contributed by atoms with E-state index in [9.17, 15) is 13.2 Å². The summed E-state index contributed by atoms with van der Waals surface area (Å²) in [5, 5.41) is 0. The first-order valence-corrected chi connectivity index (χ1v) is 6.79. The number of benzene rings is 1.